The van der Waals surface area contributed by atoms with Gasteiger partial charge in [-0.2, -0.15) is 14.0 Å². The van der Waals surface area contributed by atoms with Crippen LogP contribution in [0.3, 0.4) is 0 Å². The van der Waals surface area contributed by atoms with E-state index in [1.54, 1.807) is 6.07 Å². The number of alkyl halides is 2. The normalized spacial score (nSPS) is 9.72. The Labute approximate surface area is 101 Å². The van der Waals surface area contributed by atoms with Crippen molar-refractivity contribution < 1.29 is 27.8 Å². The van der Waals surface area contributed by atoms with Crippen LogP contribution in [0.4, 0.5) is 8.78 Å². The third kappa shape index (κ3) is 2.79. The molecule has 0 unspecified atom stereocenters. The van der Waals surface area contributed by atoms with Crippen LogP contribution in [0.15, 0.2) is 12.1 Å². The second-order valence-corrected chi connectivity index (χ2v) is 3.04. The number of nitrogens with zero attached hydrogens (tertiary/aromatic N) is 1. The SMILES string of the molecule is COC(=O)c1cc(C#N)c(C=O)cc1OC(F)F. The molecule has 0 aromatic heterocycles. The van der Waals surface area contributed by atoms with Gasteiger partial charge in [-0.15, -0.1) is 0 Å². The summed E-state index contributed by atoms with van der Waals surface area (Å²) in [7, 11) is 1.05. The van der Waals surface area contributed by atoms with Gasteiger partial charge in [0.05, 0.1) is 18.7 Å². The van der Waals surface area contributed by atoms with Crippen LogP contribution in [0.25, 0.3) is 0 Å². The van der Waals surface area contributed by atoms with E-state index in [0.717, 1.165) is 19.2 Å². The zero-order valence-corrected chi connectivity index (χ0v) is 9.15. The van der Waals surface area contributed by atoms with Crippen LogP contribution < -0.4 is 4.74 Å². The van der Waals surface area contributed by atoms with Crippen LogP contribution in [0.1, 0.15) is 26.3 Å². The molecule has 0 fully saturated rings. The summed E-state index contributed by atoms with van der Waals surface area (Å²) in [5, 5.41) is 8.75. The minimum atomic E-state index is -3.17. The number of esters is 1. The van der Waals surface area contributed by atoms with Gasteiger partial charge < -0.3 is 9.47 Å². The van der Waals surface area contributed by atoms with Crippen molar-refractivity contribution in [2.24, 2.45) is 0 Å². The fourth-order valence-electron chi connectivity index (χ4n) is 1.25. The number of ether oxygens (including phenoxy) is 2. The van der Waals surface area contributed by atoms with Crippen molar-refractivity contribution in [3.05, 3.63) is 28.8 Å². The average molecular weight is 255 g/mol. The Balaban J connectivity index is 3.41. The number of rotatable bonds is 4. The molecule has 0 atom stereocenters. The van der Waals surface area contributed by atoms with Crippen molar-refractivity contribution in [2.45, 2.75) is 6.61 Å². The molecule has 0 aliphatic rings. The van der Waals surface area contributed by atoms with Crippen LogP contribution in [0, 0.1) is 11.3 Å². The first-order chi connectivity index (χ1) is 8.53. The summed E-state index contributed by atoms with van der Waals surface area (Å²) in [5.41, 5.74) is -0.632. The maximum atomic E-state index is 12.2. The van der Waals surface area contributed by atoms with E-state index in [1.165, 1.54) is 0 Å². The van der Waals surface area contributed by atoms with Gasteiger partial charge in [-0.25, -0.2) is 4.79 Å². The lowest BCUT2D eigenvalue weighted by atomic mass is 10.0. The standard InChI is InChI=1S/C11H7F2NO4/c1-17-10(16)8-2-6(4-14)7(5-15)3-9(8)18-11(12)13/h2-3,5,11H,1H3. The summed E-state index contributed by atoms with van der Waals surface area (Å²) in [5.74, 6) is -1.46. The Kier molecular flexibility index (Phi) is 4.32. The van der Waals surface area contributed by atoms with E-state index in [-0.39, 0.29) is 16.7 Å². The molecule has 94 valence electrons. The van der Waals surface area contributed by atoms with Gasteiger partial charge in [-0.3, -0.25) is 4.79 Å². The van der Waals surface area contributed by atoms with Gasteiger partial charge in [0.25, 0.3) is 0 Å². The molecule has 0 saturated heterocycles. The molecule has 1 aromatic rings. The molecule has 0 heterocycles. The molecule has 7 heteroatoms. The summed E-state index contributed by atoms with van der Waals surface area (Å²) >= 11 is 0. The summed E-state index contributed by atoms with van der Waals surface area (Å²) in [6.45, 7) is -3.17. The highest BCUT2D eigenvalue weighted by molar-refractivity contribution is 5.95. The first-order valence-corrected chi connectivity index (χ1v) is 4.60. The molecule has 5 nitrogen and oxygen atoms in total. The van der Waals surface area contributed by atoms with Gasteiger partial charge in [-0.1, -0.05) is 0 Å². The number of carbonyl (C=O) groups is 2. The molecule has 0 amide bonds. The third-order valence-corrected chi connectivity index (χ3v) is 2.02. The molecule has 0 radical (unpaired) electrons. The van der Waals surface area contributed by atoms with Crippen molar-refractivity contribution in [1.82, 2.24) is 0 Å². The Morgan fingerprint density at radius 1 is 1.50 bits per heavy atom. The Morgan fingerprint density at radius 3 is 2.61 bits per heavy atom. The van der Waals surface area contributed by atoms with Crippen molar-refractivity contribution in [3.8, 4) is 11.8 Å². The van der Waals surface area contributed by atoms with E-state index in [0.29, 0.717) is 6.29 Å². The van der Waals surface area contributed by atoms with Crippen LogP contribution in [-0.4, -0.2) is 26.0 Å². The van der Waals surface area contributed by atoms with Gasteiger partial charge in [0.1, 0.15) is 11.3 Å². The zero-order valence-electron chi connectivity index (χ0n) is 9.15. The molecule has 0 bridgehead atoms. The van der Waals surface area contributed by atoms with Crippen molar-refractivity contribution in [3.63, 3.8) is 0 Å². The first kappa shape index (κ1) is 13.6. The van der Waals surface area contributed by atoms with E-state index >= 15 is 0 Å². The van der Waals surface area contributed by atoms with Gasteiger partial charge in [0.2, 0.25) is 0 Å². The predicted molar refractivity (Wildman–Crippen MR) is 54.5 cm³/mol. The quantitative estimate of drug-likeness (QED) is 0.605. The number of aldehydes is 1. The summed E-state index contributed by atoms with van der Waals surface area (Å²) in [6, 6.07) is 3.52. The molecule has 0 aliphatic carbocycles. The van der Waals surface area contributed by atoms with E-state index < -0.39 is 18.3 Å². The van der Waals surface area contributed by atoms with E-state index in [4.69, 9.17) is 5.26 Å². The lowest BCUT2D eigenvalue weighted by Crippen LogP contribution is -2.10. The smallest absolute Gasteiger partial charge is 0.387 e. The van der Waals surface area contributed by atoms with Crippen molar-refractivity contribution >= 4 is 12.3 Å². The molecule has 0 N–H and O–H groups in total. The van der Waals surface area contributed by atoms with E-state index in [2.05, 4.69) is 9.47 Å². The monoisotopic (exact) mass is 255 g/mol. The highest BCUT2D eigenvalue weighted by Crippen LogP contribution is 2.25. The summed E-state index contributed by atoms with van der Waals surface area (Å²) in [6.07, 6.45) is 0.304. The molecule has 1 rings (SSSR count). The molecular weight excluding hydrogens is 248 g/mol. The fraction of sp³-hybridized carbons (Fsp3) is 0.182. The Hall–Kier alpha value is -2.49. The number of nitriles is 1. The number of hydrogen-bond donors (Lipinski definition) is 0. The second kappa shape index (κ2) is 5.72. The molecule has 1 aromatic carbocycles. The number of hydrogen-bond acceptors (Lipinski definition) is 5. The average Bonchev–Trinajstić information content (AvgIpc) is 2.36. The molecule has 0 saturated carbocycles. The van der Waals surface area contributed by atoms with E-state index in [9.17, 15) is 18.4 Å². The first-order valence-electron chi connectivity index (χ1n) is 4.60. The number of methoxy groups -OCH3 is 1. The molecule has 0 spiro atoms. The Morgan fingerprint density at radius 2 is 2.17 bits per heavy atom. The lowest BCUT2D eigenvalue weighted by molar-refractivity contribution is -0.0504. The number of carbonyl (C=O) groups excluding carboxylic acids is 2. The van der Waals surface area contributed by atoms with Crippen LogP contribution in [0.5, 0.6) is 5.75 Å². The fourth-order valence-corrected chi connectivity index (χ4v) is 1.25. The largest absolute Gasteiger partial charge is 0.465 e. The minimum absolute atomic E-state index is 0.132. The topological polar surface area (TPSA) is 76.4 Å². The molecule has 0 aliphatic heterocycles. The van der Waals surface area contributed by atoms with Gasteiger partial charge >= 0.3 is 12.6 Å². The van der Waals surface area contributed by atoms with Crippen LogP contribution in [-0.2, 0) is 4.74 Å². The molecular formula is C11H7F2NO4. The number of halogens is 2. The Bertz CT molecular complexity index is 523. The predicted octanol–water partition coefficient (Wildman–Crippen LogP) is 1.76. The second-order valence-electron chi connectivity index (χ2n) is 3.04. The highest BCUT2D eigenvalue weighted by Gasteiger charge is 2.19. The van der Waals surface area contributed by atoms with Crippen molar-refractivity contribution in [1.29, 1.82) is 5.26 Å². The number of benzene rings is 1. The summed E-state index contributed by atoms with van der Waals surface area (Å²) in [4.78, 5) is 22.0. The highest BCUT2D eigenvalue weighted by atomic mass is 19.3. The van der Waals surface area contributed by atoms with Crippen LogP contribution in [0.2, 0.25) is 0 Å². The zero-order chi connectivity index (χ0) is 13.7. The van der Waals surface area contributed by atoms with Crippen LogP contribution >= 0.6 is 0 Å². The molecule has 18 heavy (non-hydrogen) atoms. The summed E-state index contributed by atoms with van der Waals surface area (Å²) < 4.78 is 32.8. The van der Waals surface area contributed by atoms with Crippen molar-refractivity contribution in [2.75, 3.05) is 7.11 Å². The van der Waals surface area contributed by atoms with Gasteiger partial charge in [0, 0.05) is 5.56 Å². The maximum absolute atomic E-state index is 12.2. The third-order valence-electron chi connectivity index (χ3n) is 2.02. The van der Waals surface area contributed by atoms with E-state index in [1.807, 2.05) is 0 Å². The van der Waals surface area contributed by atoms with Gasteiger partial charge in [0.15, 0.2) is 6.29 Å². The minimum Gasteiger partial charge on any atom is -0.465 e. The maximum Gasteiger partial charge on any atom is 0.387 e. The lowest BCUT2D eigenvalue weighted by Gasteiger charge is -2.10. The van der Waals surface area contributed by atoms with Gasteiger partial charge in [-0.05, 0) is 12.1 Å².